The highest BCUT2D eigenvalue weighted by Crippen LogP contribution is 2.27. The van der Waals surface area contributed by atoms with Crippen LogP contribution in [-0.2, 0) is 11.3 Å². The van der Waals surface area contributed by atoms with Gasteiger partial charge in [0.05, 0.1) is 4.92 Å². The number of benzene rings is 1. The molecule has 7 heteroatoms. The maximum absolute atomic E-state index is 10.7. The van der Waals surface area contributed by atoms with E-state index in [4.69, 9.17) is 16.2 Å². The SMILES string of the molecule is NCc1ccc(OCC(N)=O)c([N+](=O)[O-])c1. The first kappa shape index (κ1) is 11.9. The molecule has 0 heterocycles. The summed E-state index contributed by atoms with van der Waals surface area (Å²) in [4.78, 5) is 20.6. The van der Waals surface area contributed by atoms with Gasteiger partial charge in [-0.15, -0.1) is 0 Å². The minimum Gasteiger partial charge on any atom is -0.477 e. The van der Waals surface area contributed by atoms with E-state index in [1.165, 1.54) is 12.1 Å². The summed E-state index contributed by atoms with van der Waals surface area (Å²) < 4.78 is 4.90. The van der Waals surface area contributed by atoms with E-state index >= 15 is 0 Å². The number of carbonyl (C=O) groups is 1. The van der Waals surface area contributed by atoms with E-state index in [0.717, 1.165) is 0 Å². The lowest BCUT2D eigenvalue weighted by molar-refractivity contribution is -0.385. The Kier molecular flexibility index (Phi) is 3.78. The molecule has 0 saturated heterocycles. The maximum Gasteiger partial charge on any atom is 0.311 e. The molecule has 0 bridgehead atoms. The second-order valence-corrected chi connectivity index (χ2v) is 3.02. The highest BCUT2D eigenvalue weighted by atomic mass is 16.6. The van der Waals surface area contributed by atoms with Gasteiger partial charge in [-0.2, -0.15) is 0 Å². The van der Waals surface area contributed by atoms with Gasteiger partial charge in [0.1, 0.15) is 0 Å². The highest BCUT2D eigenvalue weighted by Gasteiger charge is 2.16. The number of hydrogen-bond donors (Lipinski definition) is 2. The third-order valence-electron chi connectivity index (χ3n) is 1.83. The Morgan fingerprint density at radius 3 is 2.69 bits per heavy atom. The number of nitro benzene ring substituents is 1. The van der Waals surface area contributed by atoms with Crippen molar-refractivity contribution >= 4 is 11.6 Å². The average Bonchev–Trinajstić information content (AvgIpc) is 2.25. The van der Waals surface area contributed by atoms with Crippen molar-refractivity contribution in [2.24, 2.45) is 11.5 Å². The Hall–Kier alpha value is -2.15. The Morgan fingerprint density at radius 1 is 1.50 bits per heavy atom. The van der Waals surface area contributed by atoms with Crippen molar-refractivity contribution in [1.82, 2.24) is 0 Å². The molecular formula is C9H11N3O4. The van der Waals surface area contributed by atoms with Crippen LogP contribution in [0.1, 0.15) is 5.56 Å². The van der Waals surface area contributed by atoms with Gasteiger partial charge in [-0.05, 0) is 11.6 Å². The van der Waals surface area contributed by atoms with Gasteiger partial charge >= 0.3 is 5.69 Å². The van der Waals surface area contributed by atoms with E-state index in [1.807, 2.05) is 0 Å². The van der Waals surface area contributed by atoms with Gasteiger partial charge in [0, 0.05) is 12.6 Å². The molecule has 0 fully saturated rings. The lowest BCUT2D eigenvalue weighted by Crippen LogP contribution is -2.20. The van der Waals surface area contributed by atoms with Crippen LogP contribution in [0.25, 0.3) is 0 Å². The summed E-state index contributed by atoms with van der Waals surface area (Å²) in [6.07, 6.45) is 0. The highest BCUT2D eigenvalue weighted by molar-refractivity contribution is 5.75. The molecule has 0 aliphatic heterocycles. The zero-order chi connectivity index (χ0) is 12.1. The largest absolute Gasteiger partial charge is 0.477 e. The molecule has 1 amide bonds. The van der Waals surface area contributed by atoms with Crippen LogP contribution in [0.3, 0.4) is 0 Å². The first-order valence-corrected chi connectivity index (χ1v) is 4.43. The van der Waals surface area contributed by atoms with E-state index in [1.54, 1.807) is 6.07 Å². The summed E-state index contributed by atoms with van der Waals surface area (Å²) in [5.41, 5.74) is 10.6. The van der Waals surface area contributed by atoms with Crippen LogP contribution in [0.15, 0.2) is 18.2 Å². The number of nitrogens with two attached hydrogens (primary N) is 2. The van der Waals surface area contributed by atoms with Crippen molar-refractivity contribution in [3.05, 3.63) is 33.9 Å². The van der Waals surface area contributed by atoms with Crippen LogP contribution in [0.2, 0.25) is 0 Å². The van der Waals surface area contributed by atoms with Crippen LogP contribution >= 0.6 is 0 Å². The predicted molar refractivity (Wildman–Crippen MR) is 55.7 cm³/mol. The topological polar surface area (TPSA) is 121 Å². The number of amides is 1. The number of nitrogens with zero attached hydrogens (tertiary/aromatic N) is 1. The van der Waals surface area contributed by atoms with Crippen LogP contribution in [-0.4, -0.2) is 17.4 Å². The number of ether oxygens (including phenoxy) is 1. The lowest BCUT2D eigenvalue weighted by Gasteiger charge is -2.05. The van der Waals surface area contributed by atoms with Crippen molar-refractivity contribution in [2.45, 2.75) is 6.54 Å². The number of rotatable bonds is 5. The summed E-state index contributed by atoms with van der Waals surface area (Å²) in [5, 5.41) is 10.7. The summed E-state index contributed by atoms with van der Waals surface area (Å²) >= 11 is 0. The zero-order valence-electron chi connectivity index (χ0n) is 8.38. The van der Waals surface area contributed by atoms with Crippen LogP contribution in [0.4, 0.5) is 5.69 Å². The van der Waals surface area contributed by atoms with Crippen molar-refractivity contribution in [2.75, 3.05) is 6.61 Å². The molecule has 0 aliphatic carbocycles. The third kappa shape index (κ3) is 2.92. The minimum atomic E-state index is -0.697. The van der Waals surface area contributed by atoms with Gasteiger partial charge in [-0.3, -0.25) is 14.9 Å². The molecule has 0 aliphatic rings. The van der Waals surface area contributed by atoms with Gasteiger partial charge < -0.3 is 16.2 Å². The molecule has 0 saturated carbocycles. The molecule has 16 heavy (non-hydrogen) atoms. The fourth-order valence-corrected chi connectivity index (χ4v) is 1.10. The minimum absolute atomic E-state index is 0.000926. The van der Waals surface area contributed by atoms with Crippen LogP contribution < -0.4 is 16.2 Å². The first-order valence-electron chi connectivity index (χ1n) is 4.43. The summed E-state index contributed by atoms with van der Waals surface area (Å²) in [6.45, 7) is -0.209. The number of hydrogen-bond acceptors (Lipinski definition) is 5. The fourth-order valence-electron chi connectivity index (χ4n) is 1.10. The smallest absolute Gasteiger partial charge is 0.311 e. The summed E-state index contributed by atoms with van der Waals surface area (Å²) in [7, 11) is 0. The van der Waals surface area contributed by atoms with Crippen LogP contribution in [0, 0.1) is 10.1 Å². The van der Waals surface area contributed by atoms with Crippen molar-refractivity contribution < 1.29 is 14.5 Å². The molecule has 0 unspecified atom stereocenters. The predicted octanol–water partition coefficient (Wildman–Crippen LogP) is -0.0824. The van der Waals surface area contributed by atoms with Gasteiger partial charge in [0.15, 0.2) is 12.4 Å². The molecule has 1 rings (SSSR count). The second kappa shape index (κ2) is 5.08. The summed E-state index contributed by atoms with van der Waals surface area (Å²) in [5.74, 6) is -0.696. The summed E-state index contributed by atoms with van der Waals surface area (Å²) in [6, 6.07) is 4.28. The van der Waals surface area contributed by atoms with Crippen molar-refractivity contribution in [3.63, 3.8) is 0 Å². The van der Waals surface area contributed by atoms with E-state index in [9.17, 15) is 14.9 Å². The number of primary amides is 1. The van der Waals surface area contributed by atoms with E-state index < -0.39 is 17.4 Å². The molecule has 0 atom stereocenters. The molecule has 0 spiro atoms. The normalized spacial score (nSPS) is 9.81. The van der Waals surface area contributed by atoms with Gasteiger partial charge in [-0.1, -0.05) is 6.07 Å². The Labute approximate surface area is 91.1 Å². The number of carbonyl (C=O) groups excluding carboxylic acids is 1. The first-order chi connectivity index (χ1) is 7.54. The zero-order valence-corrected chi connectivity index (χ0v) is 8.38. The Morgan fingerprint density at radius 2 is 2.19 bits per heavy atom. The van der Waals surface area contributed by atoms with E-state index in [-0.39, 0.29) is 18.0 Å². The fraction of sp³-hybridized carbons (Fsp3) is 0.222. The molecule has 1 aromatic carbocycles. The molecule has 0 radical (unpaired) electrons. The molecular weight excluding hydrogens is 214 g/mol. The molecule has 7 nitrogen and oxygen atoms in total. The average molecular weight is 225 g/mol. The quantitative estimate of drug-likeness (QED) is 0.536. The standard InChI is InChI=1S/C9H11N3O4/c10-4-6-1-2-8(16-5-9(11)13)7(3-6)12(14)15/h1-3H,4-5,10H2,(H2,11,13). The Bertz CT molecular complexity index is 419. The van der Waals surface area contributed by atoms with Crippen LogP contribution in [0.5, 0.6) is 5.75 Å². The number of nitro groups is 1. The van der Waals surface area contributed by atoms with Gasteiger partial charge in [0.2, 0.25) is 0 Å². The van der Waals surface area contributed by atoms with Crippen molar-refractivity contribution in [1.29, 1.82) is 0 Å². The maximum atomic E-state index is 10.7. The lowest BCUT2D eigenvalue weighted by atomic mass is 10.2. The van der Waals surface area contributed by atoms with E-state index in [2.05, 4.69) is 0 Å². The molecule has 4 N–H and O–H groups in total. The van der Waals surface area contributed by atoms with Gasteiger partial charge in [-0.25, -0.2) is 0 Å². The molecule has 86 valence electrons. The van der Waals surface area contributed by atoms with Gasteiger partial charge in [0.25, 0.3) is 5.91 Å². The molecule has 1 aromatic rings. The second-order valence-electron chi connectivity index (χ2n) is 3.02. The Balaban J connectivity index is 2.98. The van der Waals surface area contributed by atoms with E-state index in [0.29, 0.717) is 5.56 Å². The monoisotopic (exact) mass is 225 g/mol. The molecule has 0 aromatic heterocycles. The third-order valence-corrected chi connectivity index (χ3v) is 1.83. The van der Waals surface area contributed by atoms with Crippen molar-refractivity contribution in [3.8, 4) is 5.75 Å².